The first kappa shape index (κ1) is 16.4. The van der Waals surface area contributed by atoms with E-state index >= 15 is 0 Å². The number of anilines is 2. The van der Waals surface area contributed by atoms with Crippen molar-refractivity contribution in [2.24, 2.45) is 0 Å². The number of carbonyl (C=O) groups excluding carboxylic acids is 2. The Morgan fingerprint density at radius 3 is 2.36 bits per heavy atom. The SMILES string of the molecule is O=C1C[C@H](Nc2ccc(N3CCOCC3)cc2)C(=O)N1C1CCCC1. The molecule has 1 aromatic carbocycles. The minimum absolute atomic E-state index is 0.0284. The second-order valence-electron chi connectivity index (χ2n) is 7.09. The van der Waals surface area contributed by atoms with Gasteiger partial charge in [-0.3, -0.25) is 14.5 Å². The fraction of sp³-hybridized carbons (Fsp3) is 0.579. The Labute approximate surface area is 148 Å². The highest BCUT2D eigenvalue weighted by molar-refractivity contribution is 6.07. The van der Waals surface area contributed by atoms with Crippen LogP contribution in [0.25, 0.3) is 0 Å². The average molecular weight is 343 g/mol. The van der Waals surface area contributed by atoms with Crippen LogP contribution in [0.1, 0.15) is 32.1 Å². The minimum atomic E-state index is -0.428. The number of morpholine rings is 1. The van der Waals surface area contributed by atoms with E-state index in [1.165, 1.54) is 4.90 Å². The van der Waals surface area contributed by atoms with Crippen molar-refractivity contribution in [1.82, 2.24) is 4.90 Å². The minimum Gasteiger partial charge on any atom is -0.378 e. The molecule has 2 aliphatic heterocycles. The maximum absolute atomic E-state index is 12.6. The second-order valence-corrected chi connectivity index (χ2v) is 7.09. The van der Waals surface area contributed by atoms with Gasteiger partial charge in [-0.25, -0.2) is 0 Å². The summed E-state index contributed by atoms with van der Waals surface area (Å²) in [6, 6.07) is 7.78. The zero-order valence-electron chi connectivity index (χ0n) is 14.4. The van der Waals surface area contributed by atoms with Crippen LogP contribution in [-0.4, -0.2) is 55.1 Å². The number of rotatable bonds is 4. The van der Waals surface area contributed by atoms with Crippen LogP contribution >= 0.6 is 0 Å². The molecule has 2 amide bonds. The third-order valence-corrected chi connectivity index (χ3v) is 5.46. The number of hydrogen-bond acceptors (Lipinski definition) is 5. The largest absolute Gasteiger partial charge is 0.378 e. The summed E-state index contributed by atoms with van der Waals surface area (Å²) in [6.07, 6.45) is 4.41. The monoisotopic (exact) mass is 343 g/mol. The molecule has 3 fully saturated rings. The Balaban J connectivity index is 1.40. The number of hydrogen-bond donors (Lipinski definition) is 1. The number of ether oxygens (including phenoxy) is 1. The molecule has 3 aliphatic rings. The lowest BCUT2D eigenvalue weighted by molar-refractivity contribution is -0.141. The van der Waals surface area contributed by atoms with E-state index < -0.39 is 6.04 Å². The molecule has 6 nitrogen and oxygen atoms in total. The number of likely N-dealkylation sites (tertiary alicyclic amines) is 1. The van der Waals surface area contributed by atoms with Gasteiger partial charge in [-0.1, -0.05) is 12.8 Å². The van der Waals surface area contributed by atoms with E-state index in [4.69, 9.17) is 4.74 Å². The van der Waals surface area contributed by atoms with Crippen LogP contribution in [0.3, 0.4) is 0 Å². The molecule has 1 N–H and O–H groups in total. The van der Waals surface area contributed by atoms with E-state index in [0.29, 0.717) is 0 Å². The van der Waals surface area contributed by atoms with Crippen LogP contribution in [0, 0.1) is 0 Å². The van der Waals surface area contributed by atoms with Gasteiger partial charge in [-0.15, -0.1) is 0 Å². The van der Waals surface area contributed by atoms with Crippen LogP contribution in [0.5, 0.6) is 0 Å². The number of carbonyl (C=O) groups is 2. The number of benzene rings is 1. The van der Waals surface area contributed by atoms with E-state index in [-0.39, 0.29) is 24.3 Å². The highest BCUT2D eigenvalue weighted by atomic mass is 16.5. The summed E-state index contributed by atoms with van der Waals surface area (Å²) in [4.78, 5) is 28.7. The molecule has 0 radical (unpaired) electrons. The molecule has 6 heteroatoms. The number of amides is 2. The third kappa shape index (κ3) is 3.35. The average Bonchev–Trinajstić information content (AvgIpc) is 3.25. The Hall–Kier alpha value is -2.08. The summed E-state index contributed by atoms with van der Waals surface area (Å²) in [5.41, 5.74) is 2.05. The quantitative estimate of drug-likeness (QED) is 0.848. The van der Waals surface area contributed by atoms with E-state index in [0.717, 1.165) is 63.4 Å². The zero-order valence-corrected chi connectivity index (χ0v) is 14.4. The third-order valence-electron chi connectivity index (χ3n) is 5.46. The molecule has 1 atom stereocenters. The molecular formula is C19H25N3O3. The van der Waals surface area contributed by atoms with Crippen molar-refractivity contribution < 1.29 is 14.3 Å². The maximum Gasteiger partial charge on any atom is 0.252 e. The lowest BCUT2D eigenvalue weighted by Gasteiger charge is -2.29. The first-order valence-electron chi connectivity index (χ1n) is 9.27. The standard InChI is InChI=1S/C19H25N3O3/c23-18-13-17(19(24)22(18)16-3-1-2-4-16)20-14-5-7-15(8-6-14)21-9-11-25-12-10-21/h5-8,16-17,20H,1-4,9-13H2/t17-/m0/s1. The van der Waals surface area contributed by atoms with Gasteiger partial charge in [0, 0.05) is 30.5 Å². The predicted octanol–water partition coefficient (Wildman–Crippen LogP) is 2.01. The van der Waals surface area contributed by atoms with Crippen molar-refractivity contribution in [1.29, 1.82) is 0 Å². The molecule has 0 aromatic heterocycles. The fourth-order valence-electron chi connectivity index (χ4n) is 4.10. The van der Waals surface area contributed by atoms with Crippen molar-refractivity contribution in [2.75, 3.05) is 36.5 Å². The van der Waals surface area contributed by atoms with Gasteiger partial charge >= 0.3 is 0 Å². The molecule has 2 heterocycles. The predicted molar refractivity (Wildman–Crippen MR) is 95.6 cm³/mol. The molecule has 0 unspecified atom stereocenters. The Morgan fingerprint density at radius 1 is 1.00 bits per heavy atom. The van der Waals surface area contributed by atoms with E-state index in [1.807, 2.05) is 12.1 Å². The molecular weight excluding hydrogens is 318 g/mol. The number of nitrogens with one attached hydrogen (secondary N) is 1. The van der Waals surface area contributed by atoms with Crippen molar-refractivity contribution in [3.05, 3.63) is 24.3 Å². The number of nitrogens with zero attached hydrogens (tertiary/aromatic N) is 2. The van der Waals surface area contributed by atoms with Gasteiger partial charge in [-0.2, -0.15) is 0 Å². The normalized spacial score (nSPS) is 25.0. The van der Waals surface area contributed by atoms with Gasteiger partial charge in [0.2, 0.25) is 5.91 Å². The summed E-state index contributed by atoms with van der Waals surface area (Å²) >= 11 is 0. The lowest BCUT2D eigenvalue weighted by atomic mass is 10.2. The van der Waals surface area contributed by atoms with Crippen molar-refractivity contribution in [3.8, 4) is 0 Å². The van der Waals surface area contributed by atoms with Gasteiger partial charge < -0.3 is 15.0 Å². The van der Waals surface area contributed by atoms with E-state index in [2.05, 4.69) is 22.3 Å². The fourth-order valence-corrected chi connectivity index (χ4v) is 4.10. The van der Waals surface area contributed by atoms with Gasteiger partial charge in [0.05, 0.1) is 19.6 Å². The van der Waals surface area contributed by atoms with Crippen LogP contribution in [-0.2, 0) is 14.3 Å². The molecule has 134 valence electrons. The van der Waals surface area contributed by atoms with E-state index in [9.17, 15) is 9.59 Å². The van der Waals surface area contributed by atoms with Gasteiger partial charge in [0.1, 0.15) is 6.04 Å². The van der Waals surface area contributed by atoms with Gasteiger partial charge in [0.25, 0.3) is 5.91 Å². The first-order chi connectivity index (χ1) is 12.2. The maximum atomic E-state index is 12.6. The molecule has 1 aliphatic carbocycles. The lowest BCUT2D eigenvalue weighted by Crippen LogP contribution is -2.41. The van der Waals surface area contributed by atoms with Gasteiger partial charge in [0.15, 0.2) is 0 Å². The van der Waals surface area contributed by atoms with Crippen molar-refractivity contribution in [3.63, 3.8) is 0 Å². The van der Waals surface area contributed by atoms with E-state index in [1.54, 1.807) is 0 Å². The van der Waals surface area contributed by atoms with Crippen molar-refractivity contribution in [2.45, 2.75) is 44.2 Å². The Bertz CT molecular complexity index is 634. The Kier molecular flexibility index (Phi) is 4.61. The molecule has 1 saturated carbocycles. The van der Waals surface area contributed by atoms with Crippen LogP contribution in [0.2, 0.25) is 0 Å². The Morgan fingerprint density at radius 2 is 1.68 bits per heavy atom. The molecule has 2 saturated heterocycles. The zero-order chi connectivity index (χ0) is 17.2. The summed E-state index contributed by atoms with van der Waals surface area (Å²) < 4.78 is 5.38. The highest BCUT2D eigenvalue weighted by Crippen LogP contribution is 2.29. The smallest absolute Gasteiger partial charge is 0.252 e. The summed E-state index contributed by atoms with van der Waals surface area (Å²) in [5.74, 6) is -0.0894. The van der Waals surface area contributed by atoms with Crippen molar-refractivity contribution >= 4 is 23.2 Å². The summed E-state index contributed by atoms with van der Waals surface area (Å²) in [5, 5.41) is 3.25. The summed E-state index contributed by atoms with van der Waals surface area (Å²) in [6.45, 7) is 3.32. The molecule has 0 spiro atoms. The van der Waals surface area contributed by atoms with Crippen LogP contribution in [0.15, 0.2) is 24.3 Å². The number of imide groups is 1. The summed E-state index contributed by atoms with van der Waals surface area (Å²) in [7, 11) is 0. The topological polar surface area (TPSA) is 61.9 Å². The molecule has 0 bridgehead atoms. The second kappa shape index (κ2) is 7.04. The molecule has 25 heavy (non-hydrogen) atoms. The molecule has 4 rings (SSSR count). The van der Waals surface area contributed by atoms with Crippen LogP contribution in [0.4, 0.5) is 11.4 Å². The van der Waals surface area contributed by atoms with Crippen LogP contribution < -0.4 is 10.2 Å². The first-order valence-corrected chi connectivity index (χ1v) is 9.27. The van der Waals surface area contributed by atoms with Gasteiger partial charge in [-0.05, 0) is 37.1 Å². The molecule has 1 aromatic rings. The highest BCUT2D eigenvalue weighted by Gasteiger charge is 2.42.